The smallest absolute Gasteiger partial charge is 0.308 e. The van der Waals surface area contributed by atoms with Crippen molar-refractivity contribution in [1.29, 1.82) is 0 Å². The average Bonchev–Trinajstić information content (AvgIpc) is 2.95. The molecule has 6 heteroatoms. The fraction of sp³-hybridized carbons (Fsp3) is 0.462. The van der Waals surface area contributed by atoms with Gasteiger partial charge in [-0.1, -0.05) is 11.6 Å². The molecule has 1 amide bonds. The Balaban J connectivity index is 1.87. The van der Waals surface area contributed by atoms with Crippen molar-refractivity contribution < 1.29 is 14.7 Å². The van der Waals surface area contributed by atoms with Gasteiger partial charge in [0.25, 0.3) is 5.91 Å². The summed E-state index contributed by atoms with van der Waals surface area (Å²) in [6.07, 6.45) is 3.71. The van der Waals surface area contributed by atoms with Crippen LogP contribution >= 0.6 is 11.6 Å². The number of aliphatic carboxylic acids is 1. The molecule has 3 rings (SSSR count). The quantitative estimate of drug-likeness (QED) is 0.839. The van der Waals surface area contributed by atoms with E-state index in [4.69, 9.17) is 11.6 Å². The first-order valence-corrected chi connectivity index (χ1v) is 6.62. The number of carbonyl (C=O) groups excluding carboxylic acids is 1. The number of hydrogen-bond acceptors (Lipinski definition) is 3. The van der Waals surface area contributed by atoms with Crippen molar-refractivity contribution in [3.8, 4) is 0 Å². The number of carboxylic acid groups (broad SMARTS) is 1. The third kappa shape index (κ3) is 1.98. The molecule has 0 spiro atoms. The zero-order valence-corrected chi connectivity index (χ0v) is 10.9. The highest BCUT2D eigenvalue weighted by molar-refractivity contribution is 6.29. The first-order chi connectivity index (χ1) is 9.08. The Morgan fingerprint density at radius 3 is 2.84 bits per heavy atom. The van der Waals surface area contributed by atoms with Gasteiger partial charge in [0.2, 0.25) is 0 Å². The fourth-order valence-corrected chi connectivity index (χ4v) is 3.43. The molecule has 0 saturated carbocycles. The summed E-state index contributed by atoms with van der Waals surface area (Å²) in [5, 5.41) is 9.45. The van der Waals surface area contributed by atoms with Crippen molar-refractivity contribution in [2.24, 2.45) is 5.92 Å². The van der Waals surface area contributed by atoms with Gasteiger partial charge in [-0.15, -0.1) is 0 Å². The summed E-state index contributed by atoms with van der Waals surface area (Å²) >= 11 is 5.79. The lowest BCUT2D eigenvalue weighted by atomic mass is 9.89. The van der Waals surface area contributed by atoms with E-state index in [1.165, 1.54) is 12.3 Å². The number of amides is 1. The topological polar surface area (TPSA) is 70.5 Å². The molecule has 2 saturated heterocycles. The average molecular weight is 281 g/mol. The second kappa shape index (κ2) is 4.49. The number of rotatable bonds is 2. The molecular formula is C13H13ClN2O3. The zero-order chi connectivity index (χ0) is 13.6. The van der Waals surface area contributed by atoms with Crippen molar-refractivity contribution in [2.75, 3.05) is 0 Å². The molecule has 2 bridgehead atoms. The van der Waals surface area contributed by atoms with E-state index < -0.39 is 11.9 Å². The van der Waals surface area contributed by atoms with Crippen LogP contribution in [-0.2, 0) is 4.79 Å². The number of carbonyl (C=O) groups is 2. The summed E-state index contributed by atoms with van der Waals surface area (Å²) in [6, 6.07) is 3.01. The number of nitrogens with zero attached hydrogens (tertiary/aromatic N) is 2. The van der Waals surface area contributed by atoms with E-state index in [0.717, 1.165) is 12.8 Å². The second-order valence-electron chi connectivity index (χ2n) is 5.06. The van der Waals surface area contributed by atoms with Crippen LogP contribution in [-0.4, -0.2) is 39.0 Å². The van der Waals surface area contributed by atoms with Crippen LogP contribution in [0.3, 0.4) is 0 Å². The number of fused-ring (bicyclic) bond motifs is 2. The minimum absolute atomic E-state index is 0.0468. The van der Waals surface area contributed by atoms with Gasteiger partial charge >= 0.3 is 5.97 Å². The molecule has 2 aliphatic heterocycles. The molecule has 0 aromatic carbocycles. The van der Waals surface area contributed by atoms with Crippen molar-refractivity contribution >= 4 is 23.5 Å². The maximum Gasteiger partial charge on any atom is 0.308 e. The number of aromatic nitrogens is 1. The molecular weight excluding hydrogens is 268 g/mol. The monoisotopic (exact) mass is 280 g/mol. The first-order valence-electron chi connectivity index (χ1n) is 6.25. The molecule has 100 valence electrons. The Bertz CT molecular complexity index is 548. The van der Waals surface area contributed by atoms with Gasteiger partial charge in [-0.3, -0.25) is 9.59 Å². The highest BCUT2D eigenvalue weighted by Crippen LogP contribution is 2.42. The molecule has 0 aliphatic carbocycles. The molecule has 5 nitrogen and oxygen atoms in total. The number of carboxylic acids is 1. The molecule has 1 aromatic heterocycles. The molecule has 2 aliphatic rings. The lowest BCUT2D eigenvalue weighted by Crippen LogP contribution is -2.37. The third-order valence-corrected chi connectivity index (χ3v) is 4.27. The summed E-state index contributed by atoms with van der Waals surface area (Å²) in [7, 11) is 0. The summed E-state index contributed by atoms with van der Waals surface area (Å²) in [5.74, 6) is -1.38. The third-order valence-electron chi connectivity index (χ3n) is 4.06. The SMILES string of the molecule is O=C(O)C1CC2CCC1N2C(=O)c1ccnc(Cl)c1. The predicted octanol–water partition coefficient (Wildman–Crippen LogP) is 1.81. The summed E-state index contributed by atoms with van der Waals surface area (Å²) in [5.41, 5.74) is 0.475. The van der Waals surface area contributed by atoms with E-state index in [9.17, 15) is 14.7 Å². The first kappa shape index (κ1) is 12.4. The predicted molar refractivity (Wildman–Crippen MR) is 68.0 cm³/mol. The van der Waals surface area contributed by atoms with Crippen LogP contribution in [0, 0.1) is 5.92 Å². The van der Waals surface area contributed by atoms with Crippen molar-refractivity contribution in [2.45, 2.75) is 31.3 Å². The maximum atomic E-state index is 12.5. The van der Waals surface area contributed by atoms with Gasteiger partial charge in [0, 0.05) is 23.8 Å². The van der Waals surface area contributed by atoms with Gasteiger partial charge in [0.1, 0.15) is 5.15 Å². The van der Waals surface area contributed by atoms with E-state index >= 15 is 0 Å². The molecule has 0 radical (unpaired) electrons. The summed E-state index contributed by atoms with van der Waals surface area (Å²) in [6.45, 7) is 0. The molecule has 2 fully saturated rings. The standard InChI is InChI=1S/C13H13ClN2O3/c14-11-5-7(3-4-15-11)12(17)16-8-1-2-10(16)9(6-8)13(18)19/h3-5,8-10H,1-2,6H2,(H,18,19). The van der Waals surface area contributed by atoms with E-state index in [1.807, 2.05) is 0 Å². The molecule has 3 heterocycles. The number of hydrogen-bond donors (Lipinski definition) is 1. The normalized spacial score (nSPS) is 28.7. The highest BCUT2D eigenvalue weighted by Gasteiger charge is 2.51. The van der Waals surface area contributed by atoms with Gasteiger partial charge in [0.15, 0.2) is 0 Å². The maximum absolute atomic E-state index is 12.5. The van der Waals surface area contributed by atoms with Gasteiger partial charge in [-0.05, 0) is 31.4 Å². The van der Waals surface area contributed by atoms with Crippen LogP contribution in [0.1, 0.15) is 29.6 Å². The number of halogens is 1. The second-order valence-corrected chi connectivity index (χ2v) is 5.45. The molecule has 1 N–H and O–H groups in total. The van der Waals surface area contributed by atoms with Crippen LogP contribution in [0.25, 0.3) is 0 Å². The van der Waals surface area contributed by atoms with E-state index in [1.54, 1.807) is 11.0 Å². The van der Waals surface area contributed by atoms with Crippen LogP contribution in [0.2, 0.25) is 5.15 Å². The fourth-order valence-electron chi connectivity index (χ4n) is 3.26. The minimum atomic E-state index is -0.808. The zero-order valence-electron chi connectivity index (χ0n) is 10.1. The van der Waals surface area contributed by atoms with Gasteiger partial charge < -0.3 is 10.0 Å². The highest BCUT2D eigenvalue weighted by atomic mass is 35.5. The van der Waals surface area contributed by atoms with Gasteiger partial charge in [-0.25, -0.2) is 4.98 Å². The largest absolute Gasteiger partial charge is 0.481 e. The molecule has 1 aromatic rings. The van der Waals surface area contributed by atoms with Crippen LogP contribution in [0.5, 0.6) is 0 Å². The Morgan fingerprint density at radius 1 is 1.42 bits per heavy atom. The molecule has 3 unspecified atom stereocenters. The lowest BCUT2D eigenvalue weighted by molar-refractivity contribution is -0.142. The molecule has 3 atom stereocenters. The van der Waals surface area contributed by atoms with Crippen LogP contribution < -0.4 is 0 Å². The van der Waals surface area contributed by atoms with Crippen LogP contribution in [0.15, 0.2) is 18.3 Å². The lowest BCUT2D eigenvalue weighted by Gasteiger charge is -2.23. The Kier molecular flexibility index (Phi) is 2.93. The van der Waals surface area contributed by atoms with Crippen molar-refractivity contribution in [3.63, 3.8) is 0 Å². The Hall–Kier alpha value is -1.62. The summed E-state index contributed by atoms with van der Waals surface area (Å²) < 4.78 is 0. The van der Waals surface area contributed by atoms with Crippen LogP contribution in [0.4, 0.5) is 0 Å². The Morgan fingerprint density at radius 2 is 2.21 bits per heavy atom. The van der Waals surface area contributed by atoms with Crippen molar-refractivity contribution in [3.05, 3.63) is 29.0 Å². The van der Waals surface area contributed by atoms with E-state index in [0.29, 0.717) is 12.0 Å². The minimum Gasteiger partial charge on any atom is -0.481 e. The summed E-state index contributed by atoms with van der Waals surface area (Å²) in [4.78, 5) is 29.2. The molecule has 19 heavy (non-hydrogen) atoms. The van der Waals surface area contributed by atoms with Crippen molar-refractivity contribution in [1.82, 2.24) is 9.88 Å². The Labute approximate surface area is 115 Å². The number of pyridine rings is 1. The van der Waals surface area contributed by atoms with Gasteiger partial charge in [0.05, 0.1) is 5.92 Å². The van der Waals surface area contributed by atoms with Gasteiger partial charge in [-0.2, -0.15) is 0 Å². The van der Waals surface area contributed by atoms with E-state index in [-0.39, 0.29) is 23.1 Å². The van der Waals surface area contributed by atoms with E-state index in [2.05, 4.69) is 4.98 Å².